The van der Waals surface area contributed by atoms with Crippen LogP contribution in [0, 0.1) is 5.92 Å². The van der Waals surface area contributed by atoms with Gasteiger partial charge in [-0.15, -0.1) is 0 Å². The highest BCUT2D eigenvalue weighted by Crippen LogP contribution is 2.44. The average Bonchev–Trinajstić information content (AvgIpc) is 3.11. The van der Waals surface area contributed by atoms with Gasteiger partial charge in [-0.1, -0.05) is 55.5 Å². The molecule has 0 heterocycles. The van der Waals surface area contributed by atoms with Crippen molar-refractivity contribution in [3.8, 4) is 11.1 Å². The normalized spacial score (nSPS) is 15.4. The molecule has 0 saturated heterocycles. The van der Waals surface area contributed by atoms with Crippen LogP contribution in [0.5, 0.6) is 0 Å². The van der Waals surface area contributed by atoms with Gasteiger partial charge >= 0.3 is 18.2 Å². The van der Waals surface area contributed by atoms with Crippen molar-refractivity contribution in [2.45, 2.75) is 37.9 Å². The Morgan fingerprint density at radius 3 is 2.03 bits per heavy atom. The number of alkyl halides is 3. The van der Waals surface area contributed by atoms with Gasteiger partial charge in [-0.3, -0.25) is 4.79 Å². The number of carbonyl (C=O) groups is 3. The Hall–Kier alpha value is -3.56. The number of alkyl carbamates (subject to hydrolysis) is 1. The van der Waals surface area contributed by atoms with Crippen LogP contribution in [0.1, 0.15) is 37.3 Å². The average molecular weight is 478 g/mol. The van der Waals surface area contributed by atoms with Crippen LogP contribution in [0.2, 0.25) is 0 Å². The minimum Gasteiger partial charge on any atom is -0.479 e. The zero-order valence-corrected chi connectivity index (χ0v) is 18.6. The van der Waals surface area contributed by atoms with Crippen LogP contribution in [-0.2, 0) is 14.3 Å². The summed E-state index contributed by atoms with van der Waals surface area (Å²) in [4.78, 5) is 35.8. The molecule has 182 valence electrons. The molecule has 1 aliphatic rings. The number of halogens is 3. The van der Waals surface area contributed by atoms with Crippen molar-refractivity contribution in [3.63, 3.8) is 0 Å². The maximum atomic E-state index is 13.2. The molecule has 0 aliphatic heterocycles. The number of rotatable bonds is 8. The second kappa shape index (κ2) is 9.74. The standard InChI is InChI=1S/C24H25F3N2O5/c1-3-14(20(30)29-23(2,21(31)32)24(25,26)27)12-28-22(33)34-13-19-17-10-6-4-8-15(17)16-9-5-7-11-18(16)19/h4-11,14,19H,3,12-13H2,1-2H3,(H,28,33)(H,29,30)(H,31,32). The quantitative estimate of drug-likeness (QED) is 0.531. The second-order valence-corrected chi connectivity index (χ2v) is 8.23. The summed E-state index contributed by atoms with van der Waals surface area (Å²) in [5.74, 6) is -4.62. The Kier molecular flexibility index (Phi) is 7.18. The number of aliphatic carboxylic acids is 1. The molecule has 1 aliphatic carbocycles. The van der Waals surface area contributed by atoms with Crippen LogP contribution >= 0.6 is 0 Å². The van der Waals surface area contributed by atoms with Gasteiger partial charge in [-0.05, 0) is 35.6 Å². The van der Waals surface area contributed by atoms with E-state index < -0.39 is 35.6 Å². The summed E-state index contributed by atoms with van der Waals surface area (Å²) >= 11 is 0. The van der Waals surface area contributed by atoms with E-state index in [2.05, 4.69) is 5.32 Å². The van der Waals surface area contributed by atoms with Gasteiger partial charge in [0.05, 0.1) is 5.92 Å². The number of fused-ring (bicyclic) bond motifs is 3. The molecule has 10 heteroatoms. The number of carbonyl (C=O) groups excluding carboxylic acids is 2. The molecule has 0 radical (unpaired) electrons. The number of amides is 2. The summed E-state index contributed by atoms with van der Waals surface area (Å²) < 4.78 is 44.9. The fourth-order valence-corrected chi connectivity index (χ4v) is 3.87. The minimum atomic E-state index is -5.20. The number of ether oxygens (including phenoxy) is 1. The Morgan fingerprint density at radius 1 is 1.03 bits per heavy atom. The molecular weight excluding hydrogens is 453 g/mol. The number of hydrogen-bond acceptors (Lipinski definition) is 4. The van der Waals surface area contributed by atoms with E-state index in [9.17, 15) is 27.6 Å². The smallest absolute Gasteiger partial charge is 0.422 e. The van der Waals surface area contributed by atoms with Gasteiger partial charge in [0.2, 0.25) is 11.4 Å². The van der Waals surface area contributed by atoms with Crippen molar-refractivity contribution in [2.75, 3.05) is 13.2 Å². The molecule has 0 aromatic heterocycles. The summed E-state index contributed by atoms with van der Waals surface area (Å²) in [7, 11) is 0. The molecule has 34 heavy (non-hydrogen) atoms. The zero-order valence-electron chi connectivity index (χ0n) is 18.6. The van der Waals surface area contributed by atoms with Crippen LogP contribution in [-0.4, -0.2) is 47.9 Å². The summed E-state index contributed by atoms with van der Waals surface area (Å²) in [6.45, 7) is 1.63. The second-order valence-electron chi connectivity index (χ2n) is 8.23. The highest BCUT2D eigenvalue weighted by molar-refractivity contribution is 5.89. The Labute approximate surface area is 194 Å². The van der Waals surface area contributed by atoms with Crippen molar-refractivity contribution < 1.29 is 37.4 Å². The fourth-order valence-electron chi connectivity index (χ4n) is 3.87. The van der Waals surface area contributed by atoms with E-state index in [1.165, 1.54) is 6.92 Å². The van der Waals surface area contributed by atoms with E-state index in [4.69, 9.17) is 9.84 Å². The maximum absolute atomic E-state index is 13.2. The first kappa shape index (κ1) is 25.1. The van der Waals surface area contributed by atoms with E-state index in [-0.39, 0.29) is 25.5 Å². The van der Waals surface area contributed by atoms with Crippen LogP contribution in [0.15, 0.2) is 48.5 Å². The lowest BCUT2D eigenvalue weighted by molar-refractivity contribution is -0.207. The van der Waals surface area contributed by atoms with Crippen LogP contribution < -0.4 is 10.6 Å². The molecule has 3 rings (SSSR count). The first-order chi connectivity index (χ1) is 16.0. The van der Waals surface area contributed by atoms with Crippen molar-refractivity contribution in [3.05, 3.63) is 59.7 Å². The van der Waals surface area contributed by atoms with Crippen molar-refractivity contribution >= 4 is 18.0 Å². The van der Waals surface area contributed by atoms with E-state index >= 15 is 0 Å². The lowest BCUT2D eigenvalue weighted by atomic mass is 9.98. The SMILES string of the molecule is CCC(CNC(=O)OCC1c2ccccc2-c2ccccc21)C(=O)NC(C)(C(=O)O)C(F)(F)F. The Balaban J connectivity index is 1.59. The number of carboxylic acids is 1. The summed E-state index contributed by atoms with van der Waals surface area (Å²) in [5.41, 5.74) is 0.702. The Bertz CT molecular complexity index is 1040. The minimum absolute atomic E-state index is 0.0357. The summed E-state index contributed by atoms with van der Waals surface area (Å²) in [6.07, 6.45) is -5.96. The number of nitrogens with one attached hydrogen (secondary N) is 2. The summed E-state index contributed by atoms with van der Waals surface area (Å²) in [6, 6.07) is 15.5. The highest BCUT2D eigenvalue weighted by atomic mass is 19.4. The molecule has 0 spiro atoms. The lowest BCUT2D eigenvalue weighted by Gasteiger charge is -2.30. The van der Waals surface area contributed by atoms with Crippen molar-refractivity contribution in [2.24, 2.45) is 5.92 Å². The molecule has 0 saturated carbocycles. The number of benzene rings is 2. The third-order valence-corrected chi connectivity index (χ3v) is 6.07. The van der Waals surface area contributed by atoms with Crippen molar-refractivity contribution in [1.29, 1.82) is 0 Å². The first-order valence-electron chi connectivity index (χ1n) is 10.7. The molecule has 0 bridgehead atoms. The van der Waals surface area contributed by atoms with Gasteiger partial charge in [-0.25, -0.2) is 9.59 Å². The van der Waals surface area contributed by atoms with Crippen molar-refractivity contribution in [1.82, 2.24) is 10.6 Å². The van der Waals surface area contributed by atoms with Crippen LogP contribution in [0.4, 0.5) is 18.0 Å². The van der Waals surface area contributed by atoms with Gasteiger partial charge in [-0.2, -0.15) is 13.2 Å². The number of carboxylic acid groups (broad SMARTS) is 1. The molecule has 7 nitrogen and oxygen atoms in total. The van der Waals surface area contributed by atoms with Gasteiger partial charge in [0.1, 0.15) is 6.61 Å². The molecular formula is C24H25F3N2O5. The van der Waals surface area contributed by atoms with E-state index in [1.807, 2.05) is 48.5 Å². The van der Waals surface area contributed by atoms with E-state index in [0.29, 0.717) is 6.92 Å². The zero-order chi connectivity index (χ0) is 25.1. The monoisotopic (exact) mass is 478 g/mol. The van der Waals surface area contributed by atoms with Gasteiger partial charge in [0.15, 0.2) is 0 Å². The maximum Gasteiger partial charge on any atom is 0.422 e. The molecule has 3 N–H and O–H groups in total. The number of hydrogen-bond donors (Lipinski definition) is 3. The highest BCUT2D eigenvalue weighted by Gasteiger charge is 2.58. The molecule has 2 unspecified atom stereocenters. The van der Waals surface area contributed by atoms with E-state index in [1.54, 1.807) is 5.32 Å². The van der Waals surface area contributed by atoms with E-state index in [0.717, 1.165) is 22.3 Å². The van der Waals surface area contributed by atoms with Crippen LogP contribution in [0.3, 0.4) is 0 Å². The van der Waals surface area contributed by atoms with Gasteiger partial charge in [0, 0.05) is 12.5 Å². The topological polar surface area (TPSA) is 105 Å². The largest absolute Gasteiger partial charge is 0.479 e. The summed E-state index contributed by atoms with van der Waals surface area (Å²) in [5, 5.41) is 12.9. The first-order valence-corrected chi connectivity index (χ1v) is 10.7. The third kappa shape index (κ3) is 4.85. The van der Waals surface area contributed by atoms with Gasteiger partial charge < -0.3 is 20.5 Å². The predicted molar refractivity (Wildman–Crippen MR) is 117 cm³/mol. The lowest BCUT2D eigenvalue weighted by Crippen LogP contribution is -2.63. The molecule has 0 fully saturated rings. The molecule has 2 amide bonds. The third-order valence-electron chi connectivity index (χ3n) is 6.07. The molecule has 2 aromatic carbocycles. The van der Waals surface area contributed by atoms with Crippen LogP contribution in [0.25, 0.3) is 11.1 Å². The van der Waals surface area contributed by atoms with Gasteiger partial charge in [0.25, 0.3) is 0 Å². The molecule has 2 atom stereocenters. The predicted octanol–water partition coefficient (Wildman–Crippen LogP) is 4.07. The fraction of sp³-hybridized carbons (Fsp3) is 0.375. The molecule has 2 aromatic rings. The Morgan fingerprint density at radius 2 is 1.56 bits per heavy atom.